The largest absolute Gasteiger partial charge is 0.384 e. The molecule has 0 fully saturated rings. The average molecular weight is 220 g/mol. The first-order valence-electron chi connectivity index (χ1n) is 5.27. The van der Waals surface area contributed by atoms with Gasteiger partial charge in [-0.3, -0.25) is 0 Å². The fraction of sp³-hybridized carbons (Fsp3) is 0.462. The quantitative estimate of drug-likeness (QED) is 0.828. The van der Waals surface area contributed by atoms with Crippen LogP contribution in [0.15, 0.2) is 12.1 Å². The zero-order valence-corrected chi connectivity index (χ0v) is 10.2. The molecular formula is C13H17FN2. The lowest BCUT2D eigenvalue weighted by molar-refractivity contribution is 0.443. The van der Waals surface area contributed by atoms with Gasteiger partial charge in [-0.05, 0) is 24.5 Å². The second-order valence-electron chi connectivity index (χ2n) is 5.16. The van der Waals surface area contributed by atoms with Gasteiger partial charge in [-0.2, -0.15) is 5.26 Å². The van der Waals surface area contributed by atoms with Crippen LogP contribution in [0, 0.1) is 29.5 Å². The van der Waals surface area contributed by atoms with E-state index < -0.39 is 0 Å². The molecule has 0 saturated heterocycles. The smallest absolute Gasteiger partial charge is 0.129 e. The Morgan fingerprint density at radius 3 is 2.50 bits per heavy atom. The maximum atomic E-state index is 13.5. The number of hydrogen-bond donors (Lipinski definition) is 1. The molecule has 0 aliphatic heterocycles. The van der Waals surface area contributed by atoms with Crippen LogP contribution >= 0.6 is 0 Å². The summed E-state index contributed by atoms with van der Waals surface area (Å²) >= 11 is 0. The minimum atomic E-state index is -0.338. The van der Waals surface area contributed by atoms with Crippen LogP contribution in [-0.4, -0.2) is 6.54 Å². The number of anilines is 1. The third-order valence-corrected chi connectivity index (χ3v) is 2.28. The van der Waals surface area contributed by atoms with E-state index in [4.69, 9.17) is 5.26 Å². The van der Waals surface area contributed by atoms with E-state index in [-0.39, 0.29) is 11.2 Å². The van der Waals surface area contributed by atoms with Gasteiger partial charge in [0.2, 0.25) is 0 Å². The lowest BCUT2D eigenvalue weighted by Gasteiger charge is -2.20. The van der Waals surface area contributed by atoms with E-state index in [0.29, 0.717) is 16.8 Å². The summed E-state index contributed by atoms with van der Waals surface area (Å²) in [7, 11) is 0. The minimum absolute atomic E-state index is 0.117. The van der Waals surface area contributed by atoms with Crippen molar-refractivity contribution < 1.29 is 4.39 Å². The lowest BCUT2D eigenvalue weighted by Crippen LogP contribution is -2.19. The van der Waals surface area contributed by atoms with Crippen LogP contribution in [0.4, 0.5) is 10.1 Å². The number of nitrogens with one attached hydrogen (secondary N) is 1. The second kappa shape index (κ2) is 4.52. The molecule has 0 aliphatic carbocycles. The van der Waals surface area contributed by atoms with E-state index in [1.54, 1.807) is 13.0 Å². The van der Waals surface area contributed by atoms with Crippen molar-refractivity contribution in [3.05, 3.63) is 29.1 Å². The molecule has 0 radical (unpaired) electrons. The standard InChI is InChI=1S/C13H17FN2/c1-9-11(14)5-10(7-15)6-12(9)16-8-13(2,3)4/h5-6,16H,8H2,1-4H3. The molecule has 1 rings (SSSR count). The van der Waals surface area contributed by atoms with Crippen molar-refractivity contribution in [2.75, 3.05) is 11.9 Å². The van der Waals surface area contributed by atoms with Crippen LogP contribution in [0.1, 0.15) is 31.9 Å². The number of nitriles is 1. The average Bonchev–Trinajstić information content (AvgIpc) is 2.18. The molecule has 16 heavy (non-hydrogen) atoms. The highest BCUT2D eigenvalue weighted by atomic mass is 19.1. The van der Waals surface area contributed by atoms with Gasteiger partial charge in [-0.15, -0.1) is 0 Å². The molecule has 1 aromatic carbocycles. The molecule has 0 aliphatic rings. The molecule has 3 heteroatoms. The van der Waals surface area contributed by atoms with Crippen LogP contribution < -0.4 is 5.32 Å². The molecule has 0 aromatic heterocycles. The highest BCUT2D eigenvalue weighted by Crippen LogP contribution is 2.22. The molecule has 0 heterocycles. The molecule has 86 valence electrons. The molecule has 1 N–H and O–H groups in total. The Morgan fingerprint density at radius 1 is 1.38 bits per heavy atom. The van der Waals surface area contributed by atoms with Gasteiger partial charge in [0, 0.05) is 17.8 Å². The Balaban J connectivity index is 2.96. The third kappa shape index (κ3) is 3.23. The molecule has 0 saturated carbocycles. The summed E-state index contributed by atoms with van der Waals surface area (Å²) in [5, 5.41) is 11.9. The summed E-state index contributed by atoms with van der Waals surface area (Å²) in [6.07, 6.45) is 0. The Bertz CT molecular complexity index is 425. The molecule has 1 aromatic rings. The van der Waals surface area contributed by atoms with Crippen molar-refractivity contribution in [2.24, 2.45) is 5.41 Å². The lowest BCUT2D eigenvalue weighted by atomic mass is 9.96. The van der Waals surface area contributed by atoms with E-state index in [1.165, 1.54) is 6.07 Å². The van der Waals surface area contributed by atoms with Crippen molar-refractivity contribution in [3.8, 4) is 6.07 Å². The van der Waals surface area contributed by atoms with Crippen molar-refractivity contribution in [2.45, 2.75) is 27.7 Å². The van der Waals surface area contributed by atoms with Gasteiger partial charge in [-0.25, -0.2) is 4.39 Å². The summed E-state index contributed by atoms with van der Waals surface area (Å²) in [5.74, 6) is -0.338. The maximum absolute atomic E-state index is 13.5. The van der Waals surface area contributed by atoms with Crippen molar-refractivity contribution in [3.63, 3.8) is 0 Å². The van der Waals surface area contributed by atoms with E-state index in [0.717, 1.165) is 6.54 Å². The number of benzene rings is 1. The van der Waals surface area contributed by atoms with Gasteiger partial charge in [0.25, 0.3) is 0 Å². The number of rotatable bonds is 2. The molecule has 0 bridgehead atoms. The molecule has 0 spiro atoms. The fourth-order valence-corrected chi connectivity index (χ4v) is 1.29. The van der Waals surface area contributed by atoms with Gasteiger partial charge < -0.3 is 5.32 Å². The van der Waals surface area contributed by atoms with Gasteiger partial charge in [0.1, 0.15) is 5.82 Å². The summed E-state index contributed by atoms with van der Waals surface area (Å²) in [6, 6.07) is 4.90. The van der Waals surface area contributed by atoms with Gasteiger partial charge in [0.15, 0.2) is 0 Å². The third-order valence-electron chi connectivity index (χ3n) is 2.28. The fourth-order valence-electron chi connectivity index (χ4n) is 1.29. The van der Waals surface area contributed by atoms with Crippen LogP contribution in [0.3, 0.4) is 0 Å². The van der Waals surface area contributed by atoms with E-state index in [1.807, 2.05) is 6.07 Å². The molecule has 0 amide bonds. The Kier molecular flexibility index (Phi) is 3.54. The van der Waals surface area contributed by atoms with Gasteiger partial charge >= 0.3 is 0 Å². The maximum Gasteiger partial charge on any atom is 0.129 e. The predicted octanol–water partition coefficient (Wildman–Crippen LogP) is 3.46. The van der Waals surface area contributed by atoms with Gasteiger partial charge in [-0.1, -0.05) is 20.8 Å². The SMILES string of the molecule is Cc1c(F)cc(C#N)cc1NCC(C)(C)C. The summed E-state index contributed by atoms with van der Waals surface area (Å²) in [6.45, 7) is 8.74. The zero-order chi connectivity index (χ0) is 12.3. The van der Waals surface area contributed by atoms with E-state index in [2.05, 4.69) is 26.1 Å². The number of hydrogen-bond acceptors (Lipinski definition) is 2. The topological polar surface area (TPSA) is 35.8 Å². The van der Waals surface area contributed by atoms with E-state index in [9.17, 15) is 4.39 Å². The first-order chi connectivity index (χ1) is 7.33. The number of halogens is 1. The van der Waals surface area contributed by atoms with Crippen molar-refractivity contribution in [1.29, 1.82) is 5.26 Å². The Labute approximate surface area is 96.1 Å². The van der Waals surface area contributed by atoms with Crippen LogP contribution in [0.5, 0.6) is 0 Å². The molecular weight excluding hydrogens is 203 g/mol. The highest BCUT2D eigenvalue weighted by molar-refractivity contribution is 5.55. The minimum Gasteiger partial charge on any atom is -0.384 e. The first kappa shape index (κ1) is 12.5. The molecule has 0 unspecified atom stereocenters. The summed E-state index contributed by atoms with van der Waals surface area (Å²) < 4.78 is 13.5. The number of nitrogens with zero attached hydrogens (tertiary/aromatic N) is 1. The summed E-state index contributed by atoms with van der Waals surface area (Å²) in [5.41, 5.74) is 1.72. The monoisotopic (exact) mass is 220 g/mol. The Hall–Kier alpha value is -1.56. The summed E-state index contributed by atoms with van der Waals surface area (Å²) in [4.78, 5) is 0. The normalized spacial score (nSPS) is 11.0. The van der Waals surface area contributed by atoms with E-state index >= 15 is 0 Å². The van der Waals surface area contributed by atoms with Crippen molar-refractivity contribution in [1.82, 2.24) is 0 Å². The Morgan fingerprint density at radius 2 is 2.00 bits per heavy atom. The van der Waals surface area contributed by atoms with Crippen LogP contribution in [0.25, 0.3) is 0 Å². The molecule has 2 nitrogen and oxygen atoms in total. The van der Waals surface area contributed by atoms with Gasteiger partial charge in [0.05, 0.1) is 11.6 Å². The predicted molar refractivity (Wildman–Crippen MR) is 63.8 cm³/mol. The highest BCUT2D eigenvalue weighted by Gasteiger charge is 2.12. The molecule has 0 atom stereocenters. The van der Waals surface area contributed by atoms with Crippen LogP contribution in [-0.2, 0) is 0 Å². The second-order valence-corrected chi connectivity index (χ2v) is 5.16. The van der Waals surface area contributed by atoms with Crippen LogP contribution in [0.2, 0.25) is 0 Å². The van der Waals surface area contributed by atoms with Crippen molar-refractivity contribution >= 4 is 5.69 Å². The first-order valence-corrected chi connectivity index (χ1v) is 5.27. The zero-order valence-electron chi connectivity index (χ0n) is 10.2.